The van der Waals surface area contributed by atoms with Crippen molar-refractivity contribution in [1.82, 2.24) is 9.55 Å². The summed E-state index contributed by atoms with van der Waals surface area (Å²) in [5.74, 6) is 0.135. The molecule has 0 unspecified atom stereocenters. The predicted octanol–water partition coefficient (Wildman–Crippen LogP) is 3.83. The molecule has 108 valence electrons. The molecule has 0 fully saturated rings. The van der Waals surface area contributed by atoms with E-state index in [0.717, 1.165) is 0 Å². The van der Waals surface area contributed by atoms with Crippen LogP contribution < -0.4 is 0 Å². The third kappa shape index (κ3) is 2.20. The van der Waals surface area contributed by atoms with E-state index < -0.39 is 0 Å². The van der Waals surface area contributed by atoms with Crippen molar-refractivity contribution < 1.29 is 14.6 Å². The van der Waals surface area contributed by atoms with Gasteiger partial charge in [0.15, 0.2) is 0 Å². The van der Waals surface area contributed by atoms with E-state index in [9.17, 15) is 14.6 Å². The zero-order valence-electron chi connectivity index (χ0n) is 11.7. The molecule has 5 heteroatoms. The van der Waals surface area contributed by atoms with Gasteiger partial charge in [-0.2, -0.15) is 0 Å². The SMILES string of the molecule is CC(C)n1c(-c2ccc(O)cc2O)nc2ccc(F)cc21. The topological polar surface area (TPSA) is 58.3 Å². The van der Waals surface area contributed by atoms with Crippen LogP contribution in [-0.4, -0.2) is 19.8 Å². The average Bonchev–Trinajstić information content (AvgIpc) is 2.76. The van der Waals surface area contributed by atoms with Gasteiger partial charge in [0, 0.05) is 12.1 Å². The molecule has 0 aliphatic carbocycles. The summed E-state index contributed by atoms with van der Waals surface area (Å²) in [5, 5.41) is 19.4. The molecule has 2 aromatic carbocycles. The van der Waals surface area contributed by atoms with E-state index in [2.05, 4.69) is 4.98 Å². The number of nitrogens with zero attached hydrogens (tertiary/aromatic N) is 2. The molecule has 21 heavy (non-hydrogen) atoms. The van der Waals surface area contributed by atoms with Crippen molar-refractivity contribution in [2.24, 2.45) is 0 Å². The molecule has 4 nitrogen and oxygen atoms in total. The Morgan fingerprint density at radius 3 is 2.52 bits per heavy atom. The van der Waals surface area contributed by atoms with Crippen molar-refractivity contribution in [3.63, 3.8) is 0 Å². The molecule has 0 saturated carbocycles. The lowest BCUT2D eigenvalue weighted by Crippen LogP contribution is -2.03. The van der Waals surface area contributed by atoms with Gasteiger partial charge in [-0.1, -0.05) is 0 Å². The van der Waals surface area contributed by atoms with E-state index in [0.29, 0.717) is 22.4 Å². The Bertz CT molecular complexity index is 825. The fraction of sp³-hybridized carbons (Fsp3) is 0.188. The Morgan fingerprint density at radius 2 is 1.86 bits per heavy atom. The predicted molar refractivity (Wildman–Crippen MR) is 78.8 cm³/mol. The Labute approximate surface area is 121 Å². The van der Waals surface area contributed by atoms with Gasteiger partial charge in [-0.05, 0) is 44.2 Å². The Hall–Kier alpha value is -2.56. The lowest BCUT2D eigenvalue weighted by Gasteiger charge is -2.14. The van der Waals surface area contributed by atoms with Crippen LogP contribution in [-0.2, 0) is 0 Å². The van der Waals surface area contributed by atoms with Gasteiger partial charge in [0.05, 0.1) is 16.6 Å². The van der Waals surface area contributed by atoms with Crippen molar-refractivity contribution in [2.45, 2.75) is 19.9 Å². The van der Waals surface area contributed by atoms with Gasteiger partial charge in [0.1, 0.15) is 23.1 Å². The molecule has 0 aliphatic rings. The molecule has 0 atom stereocenters. The summed E-state index contributed by atoms with van der Waals surface area (Å²) in [6.07, 6.45) is 0. The van der Waals surface area contributed by atoms with Crippen LogP contribution >= 0.6 is 0 Å². The zero-order chi connectivity index (χ0) is 15.1. The van der Waals surface area contributed by atoms with Crippen molar-refractivity contribution in [1.29, 1.82) is 0 Å². The number of benzene rings is 2. The lowest BCUT2D eigenvalue weighted by molar-refractivity contribution is 0.451. The van der Waals surface area contributed by atoms with E-state index in [1.807, 2.05) is 18.4 Å². The van der Waals surface area contributed by atoms with Crippen molar-refractivity contribution in [3.8, 4) is 22.9 Å². The largest absolute Gasteiger partial charge is 0.508 e. The summed E-state index contributed by atoms with van der Waals surface area (Å²) >= 11 is 0. The van der Waals surface area contributed by atoms with Crippen LogP contribution in [0.25, 0.3) is 22.4 Å². The number of hydrogen-bond donors (Lipinski definition) is 2. The molecule has 0 amide bonds. The quantitative estimate of drug-likeness (QED) is 0.752. The molecule has 0 radical (unpaired) electrons. The normalized spacial score (nSPS) is 11.4. The van der Waals surface area contributed by atoms with E-state index >= 15 is 0 Å². The van der Waals surface area contributed by atoms with Gasteiger partial charge < -0.3 is 14.8 Å². The second-order valence-corrected chi connectivity index (χ2v) is 5.23. The first kappa shape index (κ1) is 13.4. The molecule has 1 heterocycles. The Kier molecular flexibility index (Phi) is 3.05. The molecule has 0 spiro atoms. The molecule has 1 aromatic heterocycles. The monoisotopic (exact) mass is 286 g/mol. The summed E-state index contributed by atoms with van der Waals surface area (Å²) in [6.45, 7) is 3.93. The van der Waals surface area contributed by atoms with E-state index in [-0.39, 0.29) is 23.4 Å². The standard InChI is InChI=1S/C16H15FN2O2/c1-9(2)19-14-7-10(17)3-6-13(14)18-16(19)12-5-4-11(20)8-15(12)21/h3-9,20-21H,1-2H3. The summed E-state index contributed by atoms with van der Waals surface area (Å²) in [6, 6.07) is 8.80. The van der Waals surface area contributed by atoms with Crippen LogP contribution in [0.1, 0.15) is 19.9 Å². The van der Waals surface area contributed by atoms with E-state index in [1.54, 1.807) is 12.1 Å². The molecule has 3 rings (SSSR count). The van der Waals surface area contributed by atoms with Gasteiger partial charge in [-0.3, -0.25) is 0 Å². The number of fused-ring (bicyclic) bond motifs is 1. The Morgan fingerprint density at radius 1 is 1.10 bits per heavy atom. The highest BCUT2D eigenvalue weighted by molar-refractivity contribution is 5.82. The van der Waals surface area contributed by atoms with Crippen LogP contribution in [0.15, 0.2) is 36.4 Å². The van der Waals surface area contributed by atoms with Crippen LogP contribution in [0.4, 0.5) is 4.39 Å². The number of aromatic nitrogens is 2. The maximum absolute atomic E-state index is 13.5. The zero-order valence-corrected chi connectivity index (χ0v) is 11.7. The van der Waals surface area contributed by atoms with Crippen molar-refractivity contribution in [2.75, 3.05) is 0 Å². The first-order valence-electron chi connectivity index (χ1n) is 6.67. The Balaban J connectivity index is 2.34. The second-order valence-electron chi connectivity index (χ2n) is 5.23. The molecule has 0 aliphatic heterocycles. The number of aromatic hydroxyl groups is 2. The summed E-state index contributed by atoms with van der Waals surface area (Å²) < 4.78 is 15.4. The third-order valence-corrected chi connectivity index (χ3v) is 3.39. The summed E-state index contributed by atoms with van der Waals surface area (Å²) in [7, 11) is 0. The average molecular weight is 286 g/mol. The van der Waals surface area contributed by atoms with Gasteiger partial charge in [0.25, 0.3) is 0 Å². The number of halogens is 1. The van der Waals surface area contributed by atoms with Gasteiger partial charge in [-0.15, -0.1) is 0 Å². The minimum atomic E-state index is -0.328. The highest BCUT2D eigenvalue weighted by Gasteiger charge is 2.18. The number of hydrogen-bond acceptors (Lipinski definition) is 3. The van der Waals surface area contributed by atoms with Gasteiger partial charge in [-0.25, -0.2) is 9.37 Å². The summed E-state index contributed by atoms with van der Waals surface area (Å²) in [4.78, 5) is 4.49. The lowest BCUT2D eigenvalue weighted by atomic mass is 10.1. The highest BCUT2D eigenvalue weighted by Crippen LogP contribution is 2.35. The van der Waals surface area contributed by atoms with E-state index in [4.69, 9.17) is 0 Å². The highest BCUT2D eigenvalue weighted by atomic mass is 19.1. The smallest absolute Gasteiger partial charge is 0.145 e. The minimum absolute atomic E-state index is 0.0190. The maximum Gasteiger partial charge on any atom is 0.145 e. The number of rotatable bonds is 2. The fourth-order valence-corrected chi connectivity index (χ4v) is 2.49. The molecule has 2 N–H and O–H groups in total. The maximum atomic E-state index is 13.5. The van der Waals surface area contributed by atoms with Crippen molar-refractivity contribution >= 4 is 11.0 Å². The molecule has 0 bridgehead atoms. The van der Waals surface area contributed by atoms with Crippen LogP contribution in [0.3, 0.4) is 0 Å². The van der Waals surface area contributed by atoms with Crippen LogP contribution in [0.5, 0.6) is 11.5 Å². The van der Waals surface area contributed by atoms with Gasteiger partial charge in [0.2, 0.25) is 0 Å². The molecular weight excluding hydrogens is 271 g/mol. The fourth-order valence-electron chi connectivity index (χ4n) is 2.49. The first-order valence-corrected chi connectivity index (χ1v) is 6.67. The molecular formula is C16H15FN2O2. The van der Waals surface area contributed by atoms with Crippen LogP contribution in [0, 0.1) is 5.82 Å². The molecule has 3 aromatic rings. The van der Waals surface area contributed by atoms with Crippen LogP contribution in [0.2, 0.25) is 0 Å². The number of phenols is 2. The van der Waals surface area contributed by atoms with E-state index in [1.165, 1.54) is 24.3 Å². The number of imidazole rings is 1. The summed E-state index contributed by atoms with van der Waals surface area (Å²) in [5.41, 5.74) is 1.83. The third-order valence-electron chi connectivity index (χ3n) is 3.39. The van der Waals surface area contributed by atoms with Crippen molar-refractivity contribution in [3.05, 3.63) is 42.2 Å². The first-order chi connectivity index (χ1) is 9.97. The second kappa shape index (κ2) is 4.77. The molecule has 0 saturated heterocycles. The van der Waals surface area contributed by atoms with Gasteiger partial charge >= 0.3 is 0 Å². The minimum Gasteiger partial charge on any atom is -0.508 e. The number of phenolic OH excluding ortho intramolecular Hbond substituents is 2.